The van der Waals surface area contributed by atoms with E-state index in [1.807, 2.05) is 11.8 Å². The zero-order valence-electron chi connectivity index (χ0n) is 10.1. The van der Waals surface area contributed by atoms with Crippen LogP contribution < -0.4 is 5.73 Å². The van der Waals surface area contributed by atoms with Crippen LogP contribution in [0.25, 0.3) is 0 Å². The molecule has 1 heterocycles. The maximum atomic E-state index is 11.8. The largest absolute Gasteiger partial charge is 0.340 e. The summed E-state index contributed by atoms with van der Waals surface area (Å²) in [5.41, 5.74) is 5.62. The van der Waals surface area contributed by atoms with Crippen molar-refractivity contribution in [1.82, 2.24) is 9.80 Å². The molecule has 4 heteroatoms. The summed E-state index contributed by atoms with van der Waals surface area (Å²) in [6, 6.07) is 0.143. The van der Waals surface area contributed by atoms with Gasteiger partial charge in [0.15, 0.2) is 0 Å². The molecule has 0 spiro atoms. The van der Waals surface area contributed by atoms with Crippen LogP contribution in [0.3, 0.4) is 0 Å². The summed E-state index contributed by atoms with van der Waals surface area (Å²) in [5.74, 6) is 0.0674. The third kappa shape index (κ3) is 3.18. The van der Waals surface area contributed by atoms with Gasteiger partial charge in [-0.05, 0) is 40.3 Å². The van der Waals surface area contributed by atoms with Crippen LogP contribution in [0.5, 0.6) is 0 Å². The van der Waals surface area contributed by atoms with Gasteiger partial charge in [0.1, 0.15) is 0 Å². The Bertz CT molecular complexity index is 218. The highest BCUT2D eigenvalue weighted by molar-refractivity contribution is 5.81. The maximum Gasteiger partial charge on any atom is 0.239 e. The van der Waals surface area contributed by atoms with Crippen molar-refractivity contribution in [2.24, 2.45) is 5.73 Å². The lowest BCUT2D eigenvalue weighted by atomic mass is 10.2. The number of rotatable bonds is 4. The quantitative estimate of drug-likeness (QED) is 0.729. The van der Waals surface area contributed by atoms with Crippen molar-refractivity contribution in [3.63, 3.8) is 0 Å². The Balaban J connectivity index is 2.49. The first kappa shape index (κ1) is 12.5. The van der Waals surface area contributed by atoms with Crippen LogP contribution in [-0.4, -0.2) is 54.5 Å². The Labute approximate surface area is 92.4 Å². The van der Waals surface area contributed by atoms with Gasteiger partial charge in [-0.25, -0.2) is 0 Å². The van der Waals surface area contributed by atoms with Gasteiger partial charge in [-0.15, -0.1) is 0 Å². The van der Waals surface area contributed by atoms with E-state index in [1.54, 1.807) is 6.92 Å². The minimum Gasteiger partial charge on any atom is -0.340 e. The lowest BCUT2D eigenvalue weighted by molar-refractivity contribution is -0.132. The number of likely N-dealkylation sites (tertiary alicyclic amines) is 1. The molecule has 0 radical (unpaired) electrons. The minimum absolute atomic E-state index is 0.0674. The molecule has 1 saturated heterocycles. The van der Waals surface area contributed by atoms with E-state index in [9.17, 15) is 4.79 Å². The average Bonchev–Trinajstić information content (AvgIpc) is 2.59. The van der Waals surface area contributed by atoms with E-state index in [0.717, 1.165) is 19.6 Å². The molecule has 0 aliphatic carbocycles. The molecule has 1 aliphatic rings. The van der Waals surface area contributed by atoms with Crippen LogP contribution in [0.1, 0.15) is 26.7 Å². The van der Waals surface area contributed by atoms with Crippen molar-refractivity contribution in [3.05, 3.63) is 0 Å². The van der Waals surface area contributed by atoms with Gasteiger partial charge in [0, 0.05) is 19.1 Å². The highest BCUT2D eigenvalue weighted by Crippen LogP contribution is 2.16. The van der Waals surface area contributed by atoms with Gasteiger partial charge in [-0.1, -0.05) is 0 Å². The summed E-state index contributed by atoms with van der Waals surface area (Å²) in [5, 5.41) is 0. The van der Waals surface area contributed by atoms with E-state index < -0.39 is 0 Å². The monoisotopic (exact) mass is 213 g/mol. The summed E-state index contributed by atoms with van der Waals surface area (Å²) >= 11 is 0. The topological polar surface area (TPSA) is 49.6 Å². The van der Waals surface area contributed by atoms with Gasteiger partial charge < -0.3 is 15.5 Å². The Hall–Kier alpha value is -0.610. The lowest BCUT2D eigenvalue weighted by Crippen LogP contribution is -2.47. The molecule has 1 aliphatic heterocycles. The zero-order valence-corrected chi connectivity index (χ0v) is 10.1. The molecular formula is C11H23N3O. The predicted molar refractivity (Wildman–Crippen MR) is 61.6 cm³/mol. The van der Waals surface area contributed by atoms with E-state index in [2.05, 4.69) is 11.9 Å². The number of carbonyl (C=O) groups is 1. The van der Waals surface area contributed by atoms with Gasteiger partial charge in [0.05, 0.1) is 6.04 Å². The number of nitrogens with two attached hydrogens (primary N) is 1. The Morgan fingerprint density at radius 3 is 2.73 bits per heavy atom. The third-order valence-corrected chi connectivity index (χ3v) is 3.19. The third-order valence-electron chi connectivity index (χ3n) is 3.19. The normalized spacial score (nSPS) is 24.1. The highest BCUT2D eigenvalue weighted by Gasteiger charge is 2.25. The van der Waals surface area contributed by atoms with Crippen LogP contribution in [0, 0.1) is 0 Å². The fourth-order valence-corrected chi connectivity index (χ4v) is 2.13. The molecule has 0 unspecified atom stereocenters. The second-order valence-electron chi connectivity index (χ2n) is 4.44. The van der Waals surface area contributed by atoms with Crippen molar-refractivity contribution in [1.29, 1.82) is 0 Å². The molecule has 2 N–H and O–H groups in total. The predicted octanol–water partition coefficient (Wildman–Crippen LogP) is 0.276. The first-order valence-electron chi connectivity index (χ1n) is 5.80. The van der Waals surface area contributed by atoms with Gasteiger partial charge in [-0.3, -0.25) is 4.79 Å². The molecule has 15 heavy (non-hydrogen) atoms. The minimum atomic E-state index is -0.378. The molecule has 0 saturated carbocycles. The number of carbonyl (C=O) groups excluding carboxylic acids is 1. The number of amides is 1. The molecule has 2 atom stereocenters. The fourth-order valence-electron chi connectivity index (χ4n) is 2.13. The number of nitrogens with zero attached hydrogens (tertiary/aromatic N) is 2. The van der Waals surface area contributed by atoms with Crippen LogP contribution in [-0.2, 0) is 4.79 Å². The van der Waals surface area contributed by atoms with Crippen LogP contribution in [0.15, 0.2) is 0 Å². The Morgan fingerprint density at radius 1 is 1.67 bits per heavy atom. The standard InChI is InChI=1S/C11H23N3O/c1-4-14(11(15)9(2)12)8-10-6-5-7-13(10)3/h9-10H,4-8,12H2,1-3H3/t9-,10+/m0/s1. The average molecular weight is 213 g/mol. The molecule has 0 aromatic carbocycles. The summed E-state index contributed by atoms with van der Waals surface area (Å²) in [6.45, 7) is 6.49. The molecule has 1 rings (SSSR count). The van der Waals surface area contributed by atoms with E-state index in [1.165, 1.54) is 12.8 Å². The van der Waals surface area contributed by atoms with Crippen LogP contribution >= 0.6 is 0 Å². The van der Waals surface area contributed by atoms with Crippen molar-refractivity contribution < 1.29 is 4.79 Å². The summed E-state index contributed by atoms with van der Waals surface area (Å²) in [6.07, 6.45) is 2.43. The molecule has 1 fully saturated rings. The molecule has 0 bridgehead atoms. The number of likely N-dealkylation sites (N-methyl/N-ethyl adjacent to an activating group) is 2. The molecule has 4 nitrogen and oxygen atoms in total. The van der Waals surface area contributed by atoms with Crippen molar-refractivity contribution in [2.45, 2.75) is 38.8 Å². The second-order valence-corrected chi connectivity index (χ2v) is 4.44. The number of hydrogen-bond acceptors (Lipinski definition) is 3. The van der Waals surface area contributed by atoms with E-state index >= 15 is 0 Å². The van der Waals surface area contributed by atoms with Crippen molar-refractivity contribution >= 4 is 5.91 Å². The maximum absolute atomic E-state index is 11.8. The lowest BCUT2D eigenvalue weighted by Gasteiger charge is -2.29. The zero-order chi connectivity index (χ0) is 11.4. The molecular weight excluding hydrogens is 190 g/mol. The van der Waals surface area contributed by atoms with Gasteiger partial charge in [0.25, 0.3) is 0 Å². The summed E-state index contributed by atoms with van der Waals surface area (Å²) in [4.78, 5) is 16.0. The number of hydrogen-bond donors (Lipinski definition) is 1. The first-order valence-corrected chi connectivity index (χ1v) is 5.80. The van der Waals surface area contributed by atoms with E-state index in [0.29, 0.717) is 6.04 Å². The van der Waals surface area contributed by atoms with Crippen LogP contribution in [0.4, 0.5) is 0 Å². The van der Waals surface area contributed by atoms with Gasteiger partial charge in [-0.2, -0.15) is 0 Å². The molecule has 1 amide bonds. The highest BCUT2D eigenvalue weighted by atomic mass is 16.2. The van der Waals surface area contributed by atoms with Gasteiger partial charge >= 0.3 is 0 Å². The van der Waals surface area contributed by atoms with Crippen molar-refractivity contribution in [3.8, 4) is 0 Å². The Kier molecular flexibility index (Phi) is 4.54. The van der Waals surface area contributed by atoms with Crippen molar-refractivity contribution in [2.75, 3.05) is 26.7 Å². The molecule has 88 valence electrons. The van der Waals surface area contributed by atoms with E-state index in [4.69, 9.17) is 5.73 Å². The van der Waals surface area contributed by atoms with Gasteiger partial charge in [0.2, 0.25) is 5.91 Å². The fraction of sp³-hybridized carbons (Fsp3) is 0.909. The van der Waals surface area contributed by atoms with E-state index in [-0.39, 0.29) is 11.9 Å². The molecule has 0 aromatic rings. The van der Waals surface area contributed by atoms with Crippen LogP contribution in [0.2, 0.25) is 0 Å². The summed E-state index contributed by atoms with van der Waals surface area (Å²) in [7, 11) is 2.13. The SMILES string of the molecule is CCN(C[C@H]1CCCN1C)C(=O)[C@H](C)N. The Morgan fingerprint density at radius 2 is 2.33 bits per heavy atom. The summed E-state index contributed by atoms with van der Waals surface area (Å²) < 4.78 is 0. The molecule has 0 aromatic heterocycles. The first-order chi connectivity index (χ1) is 7.06. The second kappa shape index (κ2) is 5.47. The smallest absolute Gasteiger partial charge is 0.239 e.